The van der Waals surface area contributed by atoms with Crippen molar-refractivity contribution in [3.8, 4) is 0 Å². The van der Waals surface area contributed by atoms with Crippen molar-refractivity contribution in [1.82, 2.24) is 0 Å². The SMILES string of the molecule is CCCCCS(C)(C)CCCOC. The molecule has 0 bridgehead atoms. The van der Waals surface area contributed by atoms with Gasteiger partial charge in [0.25, 0.3) is 0 Å². The maximum atomic E-state index is 5.08. The fourth-order valence-corrected chi connectivity index (χ4v) is 3.53. The van der Waals surface area contributed by atoms with Gasteiger partial charge < -0.3 is 4.74 Å². The summed E-state index contributed by atoms with van der Waals surface area (Å²) in [4.78, 5) is 0. The van der Waals surface area contributed by atoms with Crippen molar-refractivity contribution >= 4 is 10.0 Å². The Morgan fingerprint density at radius 3 is 2.15 bits per heavy atom. The molecule has 0 radical (unpaired) electrons. The van der Waals surface area contributed by atoms with Crippen LogP contribution in [0.1, 0.15) is 32.6 Å². The Bertz CT molecular complexity index is 101. The van der Waals surface area contributed by atoms with Gasteiger partial charge in [0.15, 0.2) is 0 Å². The predicted octanol–water partition coefficient (Wildman–Crippen LogP) is 3.28. The number of ether oxygens (including phenoxy) is 1. The van der Waals surface area contributed by atoms with Crippen LogP contribution in [0.2, 0.25) is 0 Å². The minimum absolute atomic E-state index is 0.306. The first-order chi connectivity index (χ1) is 6.12. The highest BCUT2D eigenvalue weighted by Gasteiger charge is 2.10. The molecule has 0 heterocycles. The Morgan fingerprint density at radius 2 is 1.62 bits per heavy atom. The van der Waals surface area contributed by atoms with Crippen molar-refractivity contribution < 1.29 is 4.74 Å². The molecule has 82 valence electrons. The van der Waals surface area contributed by atoms with Gasteiger partial charge in [-0.25, -0.2) is 10.0 Å². The van der Waals surface area contributed by atoms with E-state index in [1.807, 2.05) is 0 Å². The Balaban J connectivity index is 3.42. The molecule has 0 aliphatic rings. The van der Waals surface area contributed by atoms with Crippen LogP contribution in [-0.2, 0) is 4.74 Å². The second kappa shape index (κ2) is 7.69. The molecule has 0 spiro atoms. The van der Waals surface area contributed by atoms with Crippen LogP contribution in [-0.4, -0.2) is 37.7 Å². The first-order valence-corrected chi connectivity index (χ1v) is 8.09. The Morgan fingerprint density at radius 1 is 1.00 bits per heavy atom. The van der Waals surface area contributed by atoms with Crippen molar-refractivity contribution in [1.29, 1.82) is 0 Å². The van der Waals surface area contributed by atoms with Crippen molar-refractivity contribution in [3.05, 3.63) is 0 Å². The lowest BCUT2D eigenvalue weighted by atomic mass is 10.3. The summed E-state index contributed by atoms with van der Waals surface area (Å²) in [7, 11) is 1.49. The van der Waals surface area contributed by atoms with E-state index in [0.717, 1.165) is 6.61 Å². The zero-order chi connectivity index (χ0) is 10.2. The molecule has 0 aliphatic heterocycles. The minimum atomic E-state index is -0.306. The molecule has 0 aromatic heterocycles. The summed E-state index contributed by atoms with van der Waals surface area (Å²) in [5.74, 6) is 2.83. The summed E-state index contributed by atoms with van der Waals surface area (Å²) < 4.78 is 5.08. The molecule has 0 rings (SSSR count). The van der Waals surface area contributed by atoms with E-state index in [1.165, 1.54) is 37.2 Å². The number of methoxy groups -OCH3 is 1. The van der Waals surface area contributed by atoms with Crippen LogP contribution in [0.25, 0.3) is 0 Å². The highest BCUT2D eigenvalue weighted by molar-refractivity contribution is 8.32. The monoisotopic (exact) mass is 206 g/mol. The highest BCUT2D eigenvalue weighted by atomic mass is 32.3. The zero-order valence-electron chi connectivity index (χ0n) is 9.77. The third-order valence-electron chi connectivity index (χ3n) is 2.35. The predicted molar refractivity (Wildman–Crippen MR) is 65.2 cm³/mol. The van der Waals surface area contributed by atoms with Gasteiger partial charge in [0.05, 0.1) is 0 Å². The third-order valence-corrected chi connectivity index (χ3v) is 5.13. The molecule has 13 heavy (non-hydrogen) atoms. The number of unbranched alkanes of at least 4 members (excludes halogenated alkanes) is 2. The molecular weight excluding hydrogens is 180 g/mol. The summed E-state index contributed by atoms with van der Waals surface area (Å²) in [6.45, 7) is 3.21. The van der Waals surface area contributed by atoms with E-state index in [1.54, 1.807) is 7.11 Å². The van der Waals surface area contributed by atoms with Gasteiger partial charge in [-0.1, -0.05) is 19.8 Å². The van der Waals surface area contributed by atoms with Crippen molar-refractivity contribution in [2.75, 3.05) is 37.7 Å². The molecule has 0 aromatic carbocycles. The molecular formula is C11H26OS. The normalized spacial score (nSPS) is 13.2. The molecule has 0 aliphatic carbocycles. The Hall–Kier alpha value is 0.310. The van der Waals surface area contributed by atoms with Crippen LogP contribution < -0.4 is 0 Å². The van der Waals surface area contributed by atoms with Gasteiger partial charge in [-0.2, -0.15) is 0 Å². The third kappa shape index (κ3) is 8.63. The van der Waals surface area contributed by atoms with Crippen molar-refractivity contribution in [3.63, 3.8) is 0 Å². The Kier molecular flexibility index (Phi) is 7.87. The smallest absolute Gasteiger partial charge is 0.0469 e. The molecule has 0 saturated carbocycles. The average Bonchev–Trinajstić information content (AvgIpc) is 2.05. The summed E-state index contributed by atoms with van der Waals surface area (Å²) in [6, 6.07) is 0. The van der Waals surface area contributed by atoms with E-state index in [-0.39, 0.29) is 10.0 Å². The highest BCUT2D eigenvalue weighted by Crippen LogP contribution is 2.41. The van der Waals surface area contributed by atoms with Crippen LogP contribution >= 0.6 is 10.0 Å². The quantitative estimate of drug-likeness (QED) is 0.554. The summed E-state index contributed by atoms with van der Waals surface area (Å²) >= 11 is 0. The van der Waals surface area contributed by atoms with Crippen LogP contribution in [0, 0.1) is 0 Å². The fraction of sp³-hybridized carbons (Fsp3) is 1.00. The topological polar surface area (TPSA) is 9.23 Å². The van der Waals surface area contributed by atoms with Crippen molar-refractivity contribution in [2.45, 2.75) is 32.6 Å². The molecule has 0 atom stereocenters. The molecule has 0 aromatic rings. The second-order valence-electron chi connectivity index (χ2n) is 4.23. The van der Waals surface area contributed by atoms with E-state index < -0.39 is 0 Å². The van der Waals surface area contributed by atoms with Gasteiger partial charge in [0, 0.05) is 13.7 Å². The van der Waals surface area contributed by atoms with Crippen LogP contribution in [0.3, 0.4) is 0 Å². The van der Waals surface area contributed by atoms with E-state index >= 15 is 0 Å². The minimum Gasteiger partial charge on any atom is -0.385 e. The fourth-order valence-electron chi connectivity index (χ4n) is 1.44. The van der Waals surface area contributed by atoms with E-state index in [2.05, 4.69) is 19.4 Å². The second-order valence-corrected chi connectivity index (χ2v) is 8.58. The molecule has 0 amide bonds. The van der Waals surface area contributed by atoms with Gasteiger partial charge in [0.2, 0.25) is 0 Å². The lowest BCUT2D eigenvalue weighted by Crippen LogP contribution is -2.08. The summed E-state index contributed by atoms with van der Waals surface area (Å²) in [5, 5.41) is 0. The van der Waals surface area contributed by atoms with E-state index in [9.17, 15) is 0 Å². The molecule has 0 unspecified atom stereocenters. The summed E-state index contributed by atoms with van der Waals surface area (Å²) in [5.41, 5.74) is 0. The van der Waals surface area contributed by atoms with E-state index in [0.29, 0.717) is 0 Å². The largest absolute Gasteiger partial charge is 0.385 e. The molecule has 0 saturated heterocycles. The molecule has 0 N–H and O–H groups in total. The van der Waals surface area contributed by atoms with Gasteiger partial charge in [-0.15, -0.1) is 0 Å². The van der Waals surface area contributed by atoms with Gasteiger partial charge in [0.1, 0.15) is 0 Å². The van der Waals surface area contributed by atoms with Gasteiger partial charge in [-0.05, 0) is 36.9 Å². The maximum absolute atomic E-state index is 5.08. The zero-order valence-corrected chi connectivity index (χ0v) is 10.6. The lowest BCUT2D eigenvalue weighted by Gasteiger charge is -2.31. The Labute approximate surface area is 85.6 Å². The van der Waals surface area contributed by atoms with Crippen LogP contribution in [0.15, 0.2) is 0 Å². The lowest BCUT2D eigenvalue weighted by molar-refractivity contribution is 0.200. The molecule has 1 nitrogen and oxygen atoms in total. The van der Waals surface area contributed by atoms with Gasteiger partial charge >= 0.3 is 0 Å². The maximum Gasteiger partial charge on any atom is 0.0469 e. The van der Waals surface area contributed by atoms with Crippen LogP contribution in [0.4, 0.5) is 0 Å². The first-order valence-electron chi connectivity index (χ1n) is 5.30. The number of hydrogen-bond donors (Lipinski definition) is 0. The van der Waals surface area contributed by atoms with Crippen molar-refractivity contribution in [2.24, 2.45) is 0 Å². The molecule has 2 heteroatoms. The standard InChI is InChI=1S/C11H26OS/c1-5-6-7-10-13(3,4)11-8-9-12-2/h5-11H2,1-4H3. The first kappa shape index (κ1) is 13.3. The van der Waals surface area contributed by atoms with E-state index in [4.69, 9.17) is 4.74 Å². The summed E-state index contributed by atoms with van der Waals surface area (Å²) in [6.07, 6.45) is 10.3. The number of hydrogen-bond acceptors (Lipinski definition) is 1. The van der Waals surface area contributed by atoms with Crippen LogP contribution in [0.5, 0.6) is 0 Å². The van der Waals surface area contributed by atoms with Gasteiger partial charge in [-0.3, -0.25) is 0 Å². The molecule has 0 fully saturated rings. The average molecular weight is 206 g/mol. The number of rotatable bonds is 8.